The van der Waals surface area contributed by atoms with E-state index in [1.54, 1.807) is 11.1 Å². The molecule has 3 rings (SSSR count). The first kappa shape index (κ1) is 18.2. The number of hydrogen-bond acceptors (Lipinski definition) is 4. The van der Waals surface area contributed by atoms with Crippen LogP contribution in [0.5, 0.6) is 0 Å². The number of aromatic nitrogens is 1. The third-order valence-corrected chi connectivity index (χ3v) is 4.38. The summed E-state index contributed by atoms with van der Waals surface area (Å²) in [5.41, 5.74) is 1.09. The zero-order chi connectivity index (χ0) is 18.7. The van der Waals surface area contributed by atoms with E-state index in [1.165, 1.54) is 0 Å². The summed E-state index contributed by atoms with van der Waals surface area (Å²) in [6.07, 6.45) is 2.63. The number of anilines is 1. The summed E-state index contributed by atoms with van der Waals surface area (Å²) in [4.78, 5) is 30.7. The summed E-state index contributed by atoms with van der Waals surface area (Å²) >= 11 is 0. The lowest BCUT2D eigenvalue weighted by Crippen LogP contribution is -2.43. The number of carbonyl (C=O) groups excluding carboxylic acids is 2. The van der Waals surface area contributed by atoms with Crippen LogP contribution in [0.1, 0.15) is 33.6 Å². The fourth-order valence-electron chi connectivity index (χ4n) is 3.03. The Balaban J connectivity index is 1.55. The van der Waals surface area contributed by atoms with Crippen molar-refractivity contribution < 1.29 is 14.3 Å². The molecule has 1 saturated heterocycles. The predicted octanol–water partition coefficient (Wildman–Crippen LogP) is 3.82. The minimum Gasteiger partial charge on any atom is -0.444 e. The van der Waals surface area contributed by atoms with Gasteiger partial charge in [-0.25, -0.2) is 4.79 Å². The fourth-order valence-corrected chi connectivity index (χ4v) is 3.03. The van der Waals surface area contributed by atoms with Gasteiger partial charge >= 0.3 is 6.09 Å². The summed E-state index contributed by atoms with van der Waals surface area (Å²) in [7, 11) is 0. The molecule has 1 aliphatic rings. The van der Waals surface area contributed by atoms with E-state index in [1.807, 2.05) is 51.1 Å². The molecule has 1 fully saturated rings. The minimum absolute atomic E-state index is 0.0223. The Kier molecular flexibility index (Phi) is 5.11. The molecule has 0 radical (unpaired) electrons. The van der Waals surface area contributed by atoms with Gasteiger partial charge in [0.15, 0.2) is 0 Å². The largest absolute Gasteiger partial charge is 0.444 e. The monoisotopic (exact) mass is 355 g/mol. The normalized spacial score (nSPS) is 15.7. The summed E-state index contributed by atoms with van der Waals surface area (Å²) < 4.78 is 5.39. The lowest BCUT2D eigenvalue weighted by atomic mass is 9.96. The number of hydrogen-bond donors (Lipinski definition) is 1. The molecule has 0 bridgehead atoms. The zero-order valence-electron chi connectivity index (χ0n) is 15.5. The SMILES string of the molecule is CC(C)(C)OC(=O)N1CCC(C(=O)Nc2cnc3ccccc3c2)CC1. The number of likely N-dealkylation sites (tertiary alicyclic amines) is 1. The second-order valence-corrected chi connectivity index (χ2v) is 7.65. The Labute approximate surface area is 153 Å². The average molecular weight is 355 g/mol. The minimum atomic E-state index is -0.506. The molecule has 1 aromatic heterocycles. The van der Waals surface area contributed by atoms with Crippen molar-refractivity contribution in [3.63, 3.8) is 0 Å². The van der Waals surface area contributed by atoms with Crippen LogP contribution in [0, 0.1) is 5.92 Å². The van der Waals surface area contributed by atoms with Crippen LogP contribution in [0.3, 0.4) is 0 Å². The summed E-state index contributed by atoms with van der Waals surface area (Å²) in [5.74, 6) is -0.133. The van der Waals surface area contributed by atoms with E-state index < -0.39 is 5.60 Å². The maximum Gasteiger partial charge on any atom is 0.410 e. The van der Waals surface area contributed by atoms with Crippen molar-refractivity contribution in [1.82, 2.24) is 9.88 Å². The smallest absolute Gasteiger partial charge is 0.410 e. The molecule has 0 saturated carbocycles. The molecule has 138 valence electrons. The molecule has 2 amide bonds. The Morgan fingerprint density at radius 3 is 2.58 bits per heavy atom. The highest BCUT2D eigenvalue weighted by Crippen LogP contribution is 2.22. The Morgan fingerprint density at radius 2 is 1.88 bits per heavy atom. The van der Waals surface area contributed by atoms with Crippen molar-refractivity contribution in [2.24, 2.45) is 5.92 Å². The molecule has 1 aliphatic heterocycles. The Bertz CT molecular complexity index is 805. The highest BCUT2D eigenvalue weighted by atomic mass is 16.6. The highest BCUT2D eigenvalue weighted by molar-refractivity contribution is 5.94. The number of rotatable bonds is 2. The molecule has 6 nitrogen and oxygen atoms in total. The van der Waals surface area contributed by atoms with Gasteiger partial charge in [0.05, 0.1) is 17.4 Å². The topological polar surface area (TPSA) is 71.5 Å². The van der Waals surface area contributed by atoms with Crippen LogP contribution in [0.15, 0.2) is 36.5 Å². The first-order valence-corrected chi connectivity index (χ1v) is 8.95. The predicted molar refractivity (Wildman–Crippen MR) is 101 cm³/mol. The molecule has 26 heavy (non-hydrogen) atoms. The van der Waals surface area contributed by atoms with Crippen molar-refractivity contribution in [3.05, 3.63) is 36.5 Å². The number of amides is 2. The summed E-state index contributed by atoms with van der Waals surface area (Å²) in [5, 5.41) is 3.94. The second-order valence-electron chi connectivity index (χ2n) is 7.65. The molecule has 0 unspecified atom stereocenters. The number of carbonyl (C=O) groups is 2. The van der Waals surface area contributed by atoms with E-state index in [0.29, 0.717) is 31.6 Å². The van der Waals surface area contributed by atoms with Gasteiger partial charge in [-0.15, -0.1) is 0 Å². The van der Waals surface area contributed by atoms with Gasteiger partial charge in [-0.05, 0) is 45.7 Å². The van der Waals surface area contributed by atoms with Crippen LogP contribution in [-0.4, -0.2) is 40.6 Å². The van der Waals surface area contributed by atoms with E-state index >= 15 is 0 Å². The Morgan fingerprint density at radius 1 is 1.19 bits per heavy atom. The van der Waals surface area contributed by atoms with Crippen molar-refractivity contribution in [3.8, 4) is 0 Å². The molecule has 1 N–H and O–H groups in total. The van der Waals surface area contributed by atoms with E-state index in [2.05, 4.69) is 10.3 Å². The van der Waals surface area contributed by atoms with Crippen molar-refractivity contribution in [1.29, 1.82) is 0 Å². The van der Waals surface area contributed by atoms with Crippen LogP contribution < -0.4 is 5.32 Å². The number of nitrogens with zero attached hydrogens (tertiary/aromatic N) is 2. The van der Waals surface area contributed by atoms with E-state index in [0.717, 1.165) is 10.9 Å². The van der Waals surface area contributed by atoms with Crippen LogP contribution in [0.2, 0.25) is 0 Å². The van der Waals surface area contributed by atoms with Crippen LogP contribution in [0.4, 0.5) is 10.5 Å². The van der Waals surface area contributed by atoms with Crippen LogP contribution in [-0.2, 0) is 9.53 Å². The van der Waals surface area contributed by atoms with Gasteiger partial charge in [0.2, 0.25) is 5.91 Å². The maximum absolute atomic E-state index is 12.5. The lowest BCUT2D eigenvalue weighted by molar-refractivity contribution is -0.121. The lowest BCUT2D eigenvalue weighted by Gasteiger charge is -2.32. The fraction of sp³-hybridized carbons (Fsp3) is 0.450. The second kappa shape index (κ2) is 7.32. The zero-order valence-corrected chi connectivity index (χ0v) is 15.5. The van der Waals surface area contributed by atoms with Gasteiger partial charge in [0, 0.05) is 24.4 Å². The number of nitrogens with one attached hydrogen (secondary N) is 1. The third-order valence-electron chi connectivity index (χ3n) is 4.38. The summed E-state index contributed by atoms with van der Waals surface area (Å²) in [6, 6.07) is 9.72. The molecule has 2 heterocycles. The van der Waals surface area contributed by atoms with Gasteiger partial charge in [-0.3, -0.25) is 9.78 Å². The van der Waals surface area contributed by atoms with Gasteiger partial charge < -0.3 is 15.0 Å². The first-order valence-electron chi connectivity index (χ1n) is 8.95. The quantitative estimate of drug-likeness (QED) is 0.889. The number of pyridine rings is 1. The van der Waals surface area contributed by atoms with Crippen LogP contribution in [0.25, 0.3) is 10.9 Å². The molecule has 0 atom stereocenters. The Hall–Kier alpha value is -2.63. The molecule has 2 aromatic rings. The van der Waals surface area contributed by atoms with Gasteiger partial charge in [0.1, 0.15) is 5.60 Å². The van der Waals surface area contributed by atoms with Gasteiger partial charge in [-0.1, -0.05) is 18.2 Å². The van der Waals surface area contributed by atoms with E-state index in [9.17, 15) is 9.59 Å². The molecule has 0 aliphatic carbocycles. The first-order chi connectivity index (χ1) is 12.3. The number of benzene rings is 1. The van der Waals surface area contributed by atoms with Gasteiger partial charge in [0.25, 0.3) is 0 Å². The highest BCUT2D eigenvalue weighted by Gasteiger charge is 2.29. The van der Waals surface area contributed by atoms with Crippen LogP contribution >= 0.6 is 0 Å². The summed E-state index contributed by atoms with van der Waals surface area (Å²) in [6.45, 7) is 6.61. The number of piperidine rings is 1. The molecule has 1 aromatic carbocycles. The average Bonchev–Trinajstić information content (AvgIpc) is 2.60. The van der Waals surface area contributed by atoms with Crippen molar-refractivity contribution in [2.45, 2.75) is 39.2 Å². The van der Waals surface area contributed by atoms with E-state index in [4.69, 9.17) is 4.74 Å². The molecular weight excluding hydrogens is 330 g/mol. The molecule has 0 spiro atoms. The number of fused-ring (bicyclic) bond motifs is 1. The molecular formula is C20H25N3O3. The van der Waals surface area contributed by atoms with Gasteiger partial charge in [-0.2, -0.15) is 0 Å². The standard InChI is InChI=1S/C20H25N3O3/c1-20(2,3)26-19(25)23-10-8-14(9-11-23)18(24)22-16-12-15-6-4-5-7-17(15)21-13-16/h4-7,12-14H,8-11H2,1-3H3,(H,22,24). The van der Waals surface area contributed by atoms with Crippen molar-refractivity contribution >= 4 is 28.6 Å². The maximum atomic E-state index is 12.5. The van der Waals surface area contributed by atoms with Crippen molar-refractivity contribution in [2.75, 3.05) is 18.4 Å². The number of para-hydroxylation sites is 1. The van der Waals surface area contributed by atoms with E-state index in [-0.39, 0.29) is 17.9 Å². The number of ether oxygens (including phenoxy) is 1. The molecule has 6 heteroatoms. The third kappa shape index (κ3) is 4.50.